The summed E-state index contributed by atoms with van der Waals surface area (Å²) in [7, 11) is 1.58. The van der Waals surface area contributed by atoms with E-state index in [1.54, 1.807) is 67.8 Å². The Morgan fingerprint density at radius 1 is 0.706 bits per heavy atom. The normalized spacial score (nSPS) is 10.8. The molecule has 0 aliphatic carbocycles. The molecule has 0 fully saturated rings. The third-order valence-corrected chi connectivity index (χ3v) is 5.20. The van der Waals surface area contributed by atoms with E-state index in [1.807, 2.05) is 12.1 Å². The molecular weight excluding hydrogens is 430 g/mol. The van der Waals surface area contributed by atoms with E-state index in [0.29, 0.717) is 28.3 Å². The second-order valence-corrected chi connectivity index (χ2v) is 8.82. The standard InChI is InChI=1S/C27H29N3O4/c1-27(2,3)20-9-5-18(6-10-20)25(32)28-17-24(31)29-21-11-7-19(8-12-21)26(33)30-22-13-15-23(34-4)16-14-22/h5-16H,17H2,1-4H3,(H,28,32)(H,29,31)(H,30,33). The number of methoxy groups -OCH3 is 1. The zero-order chi connectivity index (χ0) is 24.7. The topological polar surface area (TPSA) is 96.5 Å². The van der Waals surface area contributed by atoms with Crippen molar-refractivity contribution in [3.8, 4) is 5.75 Å². The number of amides is 3. The van der Waals surface area contributed by atoms with E-state index in [-0.39, 0.29) is 29.7 Å². The highest BCUT2D eigenvalue weighted by Crippen LogP contribution is 2.22. The molecule has 3 N–H and O–H groups in total. The van der Waals surface area contributed by atoms with Gasteiger partial charge in [-0.2, -0.15) is 0 Å². The van der Waals surface area contributed by atoms with Gasteiger partial charge in [0.05, 0.1) is 13.7 Å². The summed E-state index contributed by atoms with van der Waals surface area (Å²) in [6, 6.07) is 20.9. The van der Waals surface area contributed by atoms with Gasteiger partial charge in [0.2, 0.25) is 5.91 Å². The van der Waals surface area contributed by atoms with Crippen LogP contribution in [0, 0.1) is 0 Å². The number of carbonyl (C=O) groups is 3. The van der Waals surface area contributed by atoms with Gasteiger partial charge in [-0.1, -0.05) is 32.9 Å². The predicted octanol–water partition coefficient (Wildman–Crippen LogP) is 4.61. The SMILES string of the molecule is COc1ccc(NC(=O)c2ccc(NC(=O)CNC(=O)c3ccc(C(C)(C)C)cc3)cc2)cc1. The van der Waals surface area contributed by atoms with Crippen molar-refractivity contribution in [2.45, 2.75) is 26.2 Å². The molecule has 3 aromatic carbocycles. The lowest BCUT2D eigenvalue weighted by molar-refractivity contribution is -0.115. The lowest BCUT2D eigenvalue weighted by Gasteiger charge is -2.19. The molecule has 176 valence electrons. The maximum absolute atomic E-state index is 12.4. The van der Waals surface area contributed by atoms with Crippen LogP contribution in [-0.2, 0) is 10.2 Å². The smallest absolute Gasteiger partial charge is 0.255 e. The fourth-order valence-corrected chi connectivity index (χ4v) is 3.17. The summed E-state index contributed by atoms with van der Waals surface area (Å²) in [5.74, 6) is -0.253. The molecule has 0 radical (unpaired) electrons. The van der Waals surface area contributed by atoms with Crippen molar-refractivity contribution in [2.24, 2.45) is 0 Å². The van der Waals surface area contributed by atoms with Gasteiger partial charge >= 0.3 is 0 Å². The molecule has 0 aromatic heterocycles. The lowest BCUT2D eigenvalue weighted by atomic mass is 9.87. The molecule has 0 saturated heterocycles. The Morgan fingerprint density at radius 2 is 1.21 bits per heavy atom. The van der Waals surface area contributed by atoms with E-state index < -0.39 is 0 Å². The lowest BCUT2D eigenvalue weighted by Crippen LogP contribution is -2.32. The number of benzene rings is 3. The van der Waals surface area contributed by atoms with Crippen molar-refractivity contribution in [1.82, 2.24) is 5.32 Å². The Hall–Kier alpha value is -4.13. The fourth-order valence-electron chi connectivity index (χ4n) is 3.17. The minimum Gasteiger partial charge on any atom is -0.497 e. The van der Waals surface area contributed by atoms with Crippen LogP contribution in [0.25, 0.3) is 0 Å². The molecule has 0 unspecified atom stereocenters. The molecular formula is C27H29N3O4. The first kappa shape index (κ1) is 24.5. The first-order chi connectivity index (χ1) is 16.2. The van der Waals surface area contributed by atoms with Crippen LogP contribution in [0.4, 0.5) is 11.4 Å². The Labute approximate surface area is 199 Å². The molecule has 0 bridgehead atoms. The van der Waals surface area contributed by atoms with E-state index >= 15 is 0 Å². The molecule has 3 amide bonds. The highest BCUT2D eigenvalue weighted by atomic mass is 16.5. The van der Waals surface area contributed by atoms with Crippen molar-refractivity contribution in [3.63, 3.8) is 0 Å². The van der Waals surface area contributed by atoms with Gasteiger partial charge in [-0.3, -0.25) is 14.4 Å². The summed E-state index contributed by atoms with van der Waals surface area (Å²) >= 11 is 0. The largest absolute Gasteiger partial charge is 0.497 e. The number of ether oxygens (including phenoxy) is 1. The summed E-state index contributed by atoms with van der Waals surface area (Å²) in [6.45, 7) is 6.14. The molecule has 3 rings (SSSR count). The van der Waals surface area contributed by atoms with Gasteiger partial charge < -0.3 is 20.7 Å². The number of hydrogen-bond donors (Lipinski definition) is 3. The maximum atomic E-state index is 12.4. The molecule has 3 aromatic rings. The number of hydrogen-bond acceptors (Lipinski definition) is 4. The first-order valence-corrected chi connectivity index (χ1v) is 10.9. The van der Waals surface area contributed by atoms with Crippen LogP contribution in [-0.4, -0.2) is 31.4 Å². The van der Waals surface area contributed by atoms with Crippen LogP contribution in [0.5, 0.6) is 5.75 Å². The van der Waals surface area contributed by atoms with Crippen molar-refractivity contribution in [2.75, 3.05) is 24.3 Å². The van der Waals surface area contributed by atoms with E-state index in [0.717, 1.165) is 5.56 Å². The zero-order valence-corrected chi connectivity index (χ0v) is 19.8. The third kappa shape index (κ3) is 6.68. The second kappa shape index (κ2) is 10.7. The second-order valence-electron chi connectivity index (χ2n) is 8.82. The molecule has 0 spiro atoms. The Morgan fingerprint density at radius 3 is 1.76 bits per heavy atom. The van der Waals surface area contributed by atoms with Crippen molar-refractivity contribution < 1.29 is 19.1 Å². The van der Waals surface area contributed by atoms with Crippen LogP contribution in [0.1, 0.15) is 47.1 Å². The maximum Gasteiger partial charge on any atom is 0.255 e. The number of nitrogens with one attached hydrogen (secondary N) is 3. The van der Waals surface area contributed by atoms with E-state index in [9.17, 15) is 14.4 Å². The fraction of sp³-hybridized carbons (Fsp3) is 0.222. The zero-order valence-electron chi connectivity index (χ0n) is 19.8. The van der Waals surface area contributed by atoms with E-state index in [2.05, 4.69) is 36.7 Å². The highest BCUT2D eigenvalue weighted by Gasteiger charge is 2.15. The van der Waals surface area contributed by atoms with Crippen LogP contribution in [0.2, 0.25) is 0 Å². The van der Waals surface area contributed by atoms with Gasteiger partial charge in [-0.05, 0) is 71.6 Å². The van der Waals surface area contributed by atoms with Gasteiger partial charge in [-0.15, -0.1) is 0 Å². The summed E-state index contributed by atoms with van der Waals surface area (Å²) < 4.78 is 5.10. The van der Waals surface area contributed by atoms with Crippen LogP contribution < -0.4 is 20.7 Å². The van der Waals surface area contributed by atoms with Crippen molar-refractivity contribution >= 4 is 29.1 Å². The first-order valence-electron chi connectivity index (χ1n) is 10.9. The van der Waals surface area contributed by atoms with Crippen LogP contribution >= 0.6 is 0 Å². The molecule has 0 saturated carbocycles. The van der Waals surface area contributed by atoms with Crippen molar-refractivity contribution in [1.29, 1.82) is 0 Å². The number of rotatable bonds is 7. The minimum atomic E-state index is -0.366. The monoisotopic (exact) mass is 459 g/mol. The Bertz CT molecular complexity index is 1150. The molecule has 7 nitrogen and oxygen atoms in total. The summed E-state index contributed by atoms with van der Waals surface area (Å²) in [6.07, 6.45) is 0. The van der Waals surface area contributed by atoms with Crippen molar-refractivity contribution in [3.05, 3.63) is 89.5 Å². The Kier molecular flexibility index (Phi) is 7.68. The molecule has 7 heteroatoms. The van der Waals surface area contributed by atoms with Gasteiger partial charge in [-0.25, -0.2) is 0 Å². The van der Waals surface area contributed by atoms with Gasteiger partial charge in [0.25, 0.3) is 11.8 Å². The highest BCUT2D eigenvalue weighted by molar-refractivity contribution is 6.05. The molecule has 0 atom stereocenters. The van der Waals surface area contributed by atoms with Crippen LogP contribution in [0.3, 0.4) is 0 Å². The van der Waals surface area contributed by atoms with Gasteiger partial charge in [0, 0.05) is 22.5 Å². The minimum absolute atomic E-state index is 0.000791. The molecule has 0 aliphatic heterocycles. The molecule has 0 heterocycles. The molecule has 34 heavy (non-hydrogen) atoms. The third-order valence-electron chi connectivity index (χ3n) is 5.20. The summed E-state index contributed by atoms with van der Waals surface area (Å²) in [5, 5.41) is 8.13. The van der Waals surface area contributed by atoms with E-state index in [1.165, 1.54) is 0 Å². The average molecular weight is 460 g/mol. The van der Waals surface area contributed by atoms with E-state index in [4.69, 9.17) is 4.74 Å². The number of anilines is 2. The van der Waals surface area contributed by atoms with Crippen LogP contribution in [0.15, 0.2) is 72.8 Å². The quantitative estimate of drug-likeness (QED) is 0.481. The number of carbonyl (C=O) groups excluding carboxylic acids is 3. The summed E-state index contributed by atoms with van der Waals surface area (Å²) in [5.41, 5.74) is 3.24. The van der Waals surface area contributed by atoms with Gasteiger partial charge in [0.1, 0.15) is 5.75 Å². The summed E-state index contributed by atoms with van der Waals surface area (Å²) in [4.78, 5) is 37.0. The average Bonchev–Trinajstić information content (AvgIpc) is 2.83. The predicted molar refractivity (Wildman–Crippen MR) is 133 cm³/mol. The molecule has 0 aliphatic rings. The Balaban J connectivity index is 1.49. The van der Waals surface area contributed by atoms with Gasteiger partial charge in [0.15, 0.2) is 0 Å².